The van der Waals surface area contributed by atoms with Crippen molar-refractivity contribution < 1.29 is 26.7 Å². The number of hydrogen-bond acceptors (Lipinski definition) is 4. The number of aliphatic hydroxyl groups is 1. The van der Waals surface area contributed by atoms with Crippen molar-refractivity contribution in [2.24, 2.45) is 0 Å². The molecule has 20 heavy (non-hydrogen) atoms. The lowest BCUT2D eigenvalue weighted by Gasteiger charge is -2.25. The molecule has 1 unspecified atom stereocenters. The molecule has 1 aliphatic heterocycles. The monoisotopic (exact) mass is 309 g/mol. The molecule has 1 atom stereocenters. The first-order valence-corrected chi connectivity index (χ1v) is 7.54. The van der Waals surface area contributed by atoms with Gasteiger partial charge in [0.15, 0.2) is 0 Å². The Labute approximate surface area is 114 Å². The number of nitrogens with zero attached hydrogens (tertiary/aromatic N) is 1. The molecule has 0 aliphatic carbocycles. The Kier molecular flexibility index (Phi) is 3.97. The Morgan fingerprint density at radius 2 is 1.85 bits per heavy atom. The third kappa shape index (κ3) is 2.62. The minimum atomic E-state index is -5.30. The van der Waals surface area contributed by atoms with Gasteiger partial charge in [0.1, 0.15) is 0 Å². The summed E-state index contributed by atoms with van der Waals surface area (Å²) >= 11 is 0. The smallest absolute Gasteiger partial charge is 0.394 e. The van der Waals surface area contributed by atoms with E-state index in [0.717, 1.165) is 25.0 Å². The lowest BCUT2D eigenvalue weighted by Crippen LogP contribution is -2.32. The fraction of sp³-hybridized carbons (Fsp3) is 0.500. The third-order valence-corrected chi connectivity index (χ3v) is 4.87. The highest BCUT2D eigenvalue weighted by molar-refractivity contribution is 7.92. The highest BCUT2D eigenvalue weighted by Crippen LogP contribution is 2.32. The first-order chi connectivity index (χ1) is 9.27. The zero-order valence-electron chi connectivity index (χ0n) is 10.5. The molecule has 0 spiro atoms. The van der Waals surface area contributed by atoms with Crippen LogP contribution in [0, 0.1) is 0 Å². The van der Waals surface area contributed by atoms with Crippen LogP contribution in [0.15, 0.2) is 29.2 Å². The lowest BCUT2D eigenvalue weighted by molar-refractivity contribution is -0.0436. The second-order valence-electron chi connectivity index (χ2n) is 4.62. The maximum Gasteiger partial charge on any atom is 0.501 e. The number of halogens is 3. The van der Waals surface area contributed by atoms with E-state index in [1.165, 1.54) is 12.1 Å². The lowest BCUT2D eigenvalue weighted by atomic mass is 10.2. The van der Waals surface area contributed by atoms with Crippen LogP contribution < -0.4 is 4.90 Å². The summed E-state index contributed by atoms with van der Waals surface area (Å²) < 4.78 is 59.7. The Morgan fingerprint density at radius 3 is 2.35 bits per heavy atom. The van der Waals surface area contributed by atoms with Gasteiger partial charge in [0.25, 0.3) is 9.84 Å². The van der Waals surface area contributed by atoms with Crippen molar-refractivity contribution in [1.29, 1.82) is 0 Å². The first kappa shape index (κ1) is 15.1. The van der Waals surface area contributed by atoms with Gasteiger partial charge in [-0.3, -0.25) is 0 Å². The fourth-order valence-electron chi connectivity index (χ4n) is 2.32. The number of anilines is 1. The van der Waals surface area contributed by atoms with E-state index in [1.807, 2.05) is 4.90 Å². The van der Waals surface area contributed by atoms with E-state index in [1.54, 1.807) is 0 Å². The van der Waals surface area contributed by atoms with Crippen molar-refractivity contribution in [2.45, 2.75) is 29.3 Å². The summed E-state index contributed by atoms with van der Waals surface area (Å²) in [7, 11) is -5.30. The number of rotatable bonds is 3. The van der Waals surface area contributed by atoms with Crippen LogP contribution in [0.1, 0.15) is 12.8 Å². The molecule has 112 valence electrons. The second kappa shape index (κ2) is 5.25. The number of sulfone groups is 1. The second-order valence-corrected chi connectivity index (χ2v) is 6.56. The summed E-state index contributed by atoms with van der Waals surface area (Å²) in [6.45, 7) is 0.652. The molecule has 1 saturated heterocycles. The summed E-state index contributed by atoms with van der Waals surface area (Å²) in [5.41, 5.74) is -4.68. The predicted molar refractivity (Wildman–Crippen MR) is 67.1 cm³/mol. The highest BCUT2D eigenvalue weighted by atomic mass is 32.2. The van der Waals surface area contributed by atoms with E-state index in [9.17, 15) is 26.7 Å². The van der Waals surface area contributed by atoms with Gasteiger partial charge in [0.2, 0.25) is 0 Å². The number of benzene rings is 1. The molecule has 1 fully saturated rings. The van der Waals surface area contributed by atoms with E-state index in [-0.39, 0.29) is 12.6 Å². The molecule has 2 rings (SSSR count). The van der Waals surface area contributed by atoms with Gasteiger partial charge in [0.05, 0.1) is 17.5 Å². The number of hydrogen-bond donors (Lipinski definition) is 1. The topological polar surface area (TPSA) is 57.6 Å². The molecule has 1 heterocycles. The van der Waals surface area contributed by atoms with E-state index in [0.29, 0.717) is 12.2 Å². The van der Waals surface area contributed by atoms with Gasteiger partial charge in [-0.15, -0.1) is 0 Å². The van der Waals surface area contributed by atoms with E-state index < -0.39 is 20.2 Å². The van der Waals surface area contributed by atoms with Gasteiger partial charge in [-0.1, -0.05) is 0 Å². The molecule has 1 aromatic carbocycles. The van der Waals surface area contributed by atoms with Crippen LogP contribution in [-0.2, 0) is 9.84 Å². The maximum atomic E-state index is 12.4. The zero-order chi connectivity index (χ0) is 15.0. The van der Waals surface area contributed by atoms with Gasteiger partial charge >= 0.3 is 5.51 Å². The molecular formula is C12H14F3NO3S. The van der Waals surface area contributed by atoms with Crippen molar-refractivity contribution in [3.63, 3.8) is 0 Å². The van der Waals surface area contributed by atoms with Crippen molar-refractivity contribution in [1.82, 2.24) is 0 Å². The minimum absolute atomic E-state index is 0.0391. The van der Waals surface area contributed by atoms with Gasteiger partial charge in [0, 0.05) is 12.2 Å². The molecule has 0 aromatic heterocycles. The van der Waals surface area contributed by atoms with Crippen molar-refractivity contribution in [3.05, 3.63) is 24.3 Å². The SMILES string of the molecule is O=S(=O)(c1ccc(N2CCCC2CO)cc1)C(F)(F)F. The van der Waals surface area contributed by atoms with Crippen molar-refractivity contribution >= 4 is 15.5 Å². The van der Waals surface area contributed by atoms with Gasteiger partial charge in [-0.25, -0.2) is 8.42 Å². The van der Waals surface area contributed by atoms with Crippen molar-refractivity contribution in [3.8, 4) is 0 Å². The summed E-state index contributed by atoms with van der Waals surface area (Å²) in [5, 5.41) is 9.20. The normalized spacial score (nSPS) is 20.4. The Hall–Kier alpha value is -1.28. The van der Waals surface area contributed by atoms with Crippen LogP contribution in [0.4, 0.5) is 18.9 Å². The molecule has 0 radical (unpaired) electrons. The van der Waals surface area contributed by atoms with Crippen LogP contribution in [-0.4, -0.2) is 38.2 Å². The zero-order valence-corrected chi connectivity index (χ0v) is 11.3. The van der Waals surface area contributed by atoms with E-state index in [4.69, 9.17) is 0 Å². The fourth-order valence-corrected chi connectivity index (χ4v) is 3.08. The molecule has 1 aromatic rings. The van der Waals surface area contributed by atoms with Crippen LogP contribution in [0.3, 0.4) is 0 Å². The molecule has 0 bridgehead atoms. The Morgan fingerprint density at radius 1 is 1.25 bits per heavy atom. The molecule has 1 N–H and O–H groups in total. The first-order valence-electron chi connectivity index (χ1n) is 6.06. The summed E-state index contributed by atoms with van der Waals surface area (Å²) in [5.74, 6) is 0. The summed E-state index contributed by atoms with van der Waals surface area (Å²) in [4.78, 5) is 1.10. The van der Waals surface area contributed by atoms with Crippen LogP contribution in [0.5, 0.6) is 0 Å². The standard InChI is InChI=1S/C12H14F3NO3S/c13-12(14,15)20(18,19)11-5-3-9(4-6-11)16-7-1-2-10(16)8-17/h3-6,10,17H,1-2,7-8H2. The molecule has 1 aliphatic rings. The molecule has 8 heteroatoms. The Bertz CT molecular complexity index is 569. The molecule has 0 amide bonds. The quantitative estimate of drug-likeness (QED) is 0.927. The average molecular weight is 309 g/mol. The predicted octanol–water partition coefficient (Wildman–Crippen LogP) is 1.94. The maximum absolute atomic E-state index is 12.4. The highest BCUT2D eigenvalue weighted by Gasteiger charge is 2.46. The van der Waals surface area contributed by atoms with Gasteiger partial charge in [-0.2, -0.15) is 13.2 Å². The van der Waals surface area contributed by atoms with Gasteiger partial charge < -0.3 is 10.0 Å². The van der Waals surface area contributed by atoms with E-state index >= 15 is 0 Å². The summed E-state index contributed by atoms with van der Waals surface area (Å²) in [6.07, 6.45) is 1.69. The largest absolute Gasteiger partial charge is 0.501 e. The van der Waals surface area contributed by atoms with Crippen LogP contribution in [0.25, 0.3) is 0 Å². The number of aliphatic hydroxyl groups excluding tert-OH is 1. The number of alkyl halides is 3. The molecular weight excluding hydrogens is 295 g/mol. The van der Waals surface area contributed by atoms with E-state index in [2.05, 4.69) is 0 Å². The average Bonchev–Trinajstić information content (AvgIpc) is 2.85. The van der Waals surface area contributed by atoms with Crippen LogP contribution in [0.2, 0.25) is 0 Å². The van der Waals surface area contributed by atoms with Gasteiger partial charge in [-0.05, 0) is 37.1 Å². The third-order valence-electron chi connectivity index (χ3n) is 3.37. The summed E-state index contributed by atoms with van der Waals surface area (Å²) in [6, 6.07) is 4.51. The van der Waals surface area contributed by atoms with Crippen LogP contribution >= 0.6 is 0 Å². The minimum Gasteiger partial charge on any atom is -0.394 e. The Balaban J connectivity index is 2.27. The molecule has 4 nitrogen and oxygen atoms in total. The van der Waals surface area contributed by atoms with Crippen molar-refractivity contribution in [2.75, 3.05) is 18.1 Å². The molecule has 0 saturated carbocycles.